The van der Waals surface area contributed by atoms with Gasteiger partial charge in [0.15, 0.2) is 5.65 Å². The van der Waals surface area contributed by atoms with E-state index >= 15 is 0 Å². The minimum absolute atomic E-state index is 0.475. The highest BCUT2D eigenvalue weighted by Crippen LogP contribution is 2.31. The van der Waals surface area contributed by atoms with Crippen LogP contribution in [0.1, 0.15) is 43.7 Å². The average Bonchev–Trinajstić information content (AvgIpc) is 3.03. The van der Waals surface area contributed by atoms with Crippen molar-refractivity contribution in [2.45, 2.75) is 45.1 Å². The fraction of sp³-hybridized carbons (Fsp3) is 0.389. The maximum absolute atomic E-state index is 4.61. The van der Waals surface area contributed by atoms with Gasteiger partial charge >= 0.3 is 0 Å². The Hall–Kier alpha value is -2.43. The van der Waals surface area contributed by atoms with Crippen molar-refractivity contribution in [3.63, 3.8) is 0 Å². The van der Waals surface area contributed by atoms with E-state index in [9.17, 15) is 0 Å². The van der Waals surface area contributed by atoms with Crippen molar-refractivity contribution in [2.75, 3.05) is 5.32 Å². The molecule has 118 valence electrons. The van der Waals surface area contributed by atoms with Gasteiger partial charge in [0, 0.05) is 5.69 Å². The van der Waals surface area contributed by atoms with Gasteiger partial charge in [-0.2, -0.15) is 5.10 Å². The first-order valence-corrected chi connectivity index (χ1v) is 8.33. The van der Waals surface area contributed by atoms with Crippen LogP contribution in [-0.4, -0.2) is 19.7 Å². The third-order valence-electron chi connectivity index (χ3n) is 4.63. The Morgan fingerprint density at radius 2 is 1.83 bits per heavy atom. The van der Waals surface area contributed by atoms with Crippen molar-refractivity contribution < 1.29 is 0 Å². The molecule has 1 N–H and O–H groups in total. The summed E-state index contributed by atoms with van der Waals surface area (Å²) in [6.45, 7) is 2.08. The van der Waals surface area contributed by atoms with Crippen LogP contribution in [0.15, 0.2) is 36.8 Å². The number of nitrogens with zero attached hydrogens (tertiary/aromatic N) is 4. The number of anilines is 2. The van der Waals surface area contributed by atoms with Crippen LogP contribution >= 0.6 is 0 Å². The summed E-state index contributed by atoms with van der Waals surface area (Å²) in [6.07, 6.45) is 9.81. The van der Waals surface area contributed by atoms with E-state index in [0.717, 1.165) is 22.5 Å². The van der Waals surface area contributed by atoms with Crippen molar-refractivity contribution >= 4 is 22.5 Å². The highest BCUT2D eigenvalue weighted by Gasteiger charge is 2.19. The SMILES string of the molecule is Cc1ccc(Nc2ncnc3c2cnn3C2CCCCC2)cc1. The van der Waals surface area contributed by atoms with E-state index in [1.807, 2.05) is 6.20 Å². The summed E-state index contributed by atoms with van der Waals surface area (Å²) in [5.41, 5.74) is 3.20. The first-order chi connectivity index (χ1) is 11.3. The number of hydrogen-bond acceptors (Lipinski definition) is 4. The zero-order valence-corrected chi connectivity index (χ0v) is 13.4. The Morgan fingerprint density at radius 3 is 2.61 bits per heavy atom. The summed E-state index contributed by atoms with van der Waals surface area (Å²) in [5, 5.41) is 8.98. The molecular weight excluding hydrogens is 286 g/mol. The molecular formula is C18H21N5. The molecule has 0 aliphatic heterocycles. The van der Waals surface area contributed by atoms with E-state index < -0.39 is 0 Å². The monoisotopic (exact) mass is 307 g/mol. The van der Waals surface area contributed by atoms with Gasteiger partial charge in [0.25, 0.3) is 0 Å². The fourth-order valence-corrected chi connectivity index (χ4v) is 3.33. The summed E-state index contributed by atoms with van der Waals surface area (Å²) in [6, 6.07) is 8.78. The van der Waals surface area contributed by atoms with Crippen molar-refractivity contribution in [3.05, 3.63) is 42.4 Å². The Labute approximate surface area is 135 Å². The third kappa shape index (κ3) is 2.79. The molecule has 0 amide bonds. The molecule has 0 radical (unpaired) electrons. The number of benzene rings is 1. The Kier molecular flexibility index (Phi) is 3.69. The first kappa shape index (κ1) is 14.2. The molecule has 2 heterocycles. The maximum atomic E-state index is 4.61. The van der Waals surface area contributed by atoms with E-state index in [4.69, 9.17) is 0 Å². The lowest BCUT2D eigenvalue weighted by molar-refractivity contribution is 0.336. The minimum atomic E-state index is 0.475. The van der Waals surface area contributed by atoms with Crippen LogP contribution in [0.3, 0.4) is 0 Å². The lowest BCUT2D eigenvalue weighted by atomic mass is 9.96. The quantitative estimate of drug-likeness (QED) is 0.780. The molecule has 1 saturated carbocycles. The van der Waals surface area contributed by atoms with E-state index in [1.165, 1.54) is 37.7 Å². The van der Waals surface area contributed by atoms with Crippen LogP contribution in [0.25, 0.3) is 11.0 Å². The second-order valence-corrected chi connectivity index (χ2v) is 6.33. The second kappa shape index (κ2) is 5.99. The zero-order chi connectivity index (χ0) is 15.6. The van der Waals surface area contributed by atoms with Gasteiger partial charge in [-0.15, -0.1) is 0 Å². The first-order valence-electron chi connectivity index (χ1n) is 8.33. The molecule has 0 unspecified atom stereocenters. The molecule has 1 fully saturated rings. The van der Waals surface area contributed by atoms with Gasteiger partial charge in [-0.1, -0.05) is 37.0 Å². The summed E-state index contributed by atoms with van der Waals surface area (Å²) < 4.78 is 2.09. The molecule has 4 rings (SSSR count). The molecule has 0 spiro atoms. The molecule has 0 bridgehead atoms. The largest absolute Gasteiger partial charge is 0.340 e. The standard InChI is InChI=1S/C18H21N5/c1-13-7-9-14(10-8-13)22-17-16-11-21-23(18(16)20-12-19-17)15-5-3-2-4-6-15/h7-12,15H,2-6H2,1H3,(H,19,20,22). The highest BCUT2D eigenvalue weighted by molar-refractivity contribution is 5.88. The number of nitrogens with one attached hydrogen (secondary N) is 1. The molecule has 5 heteroatoms. The van der Waals surface area contributed by atoms with Gasteiger partial charge in [0.05, 0.1) is 17.6 Å². The summed E-state index contributed by atoms with van der Waals surface area (Å²) >= 11 is 0. The maximum Gasteiger partial charge on any atom is 0.163 e. The minimum Gasteiger partial charge on any atom is -0.340 e. The molecule has 3 aromatic rings. The zero-order valence-electron chi connectivity index (χ0n) is 13.4. The Morgan fingerprint density at radius 1 is 1.04 bits per heavy atom. The van der Waals surface area contributed by atoms with E-state index in [0.29, 0.717) is 6.04 Å². The van der Waals surface area contributed by atoms with Gasteiger partial charge in [-0.3, -0.25) is 0 Å². The van der Waals surface area contributed by atoms with Crippen LogP contribution in [-0.2, 0) is 0 Å². The molecule has 1 aliphatic carbocycles. The molecule has 1 aliphatic rings. The molecule has 0 saturated heterocycles. The summed E-state index contributed by atoms with van der Waals surface area (Å²) in [5.74, 6) is 0.820. The van der Waals surface area contributed by atoms with Crippen molar-refractivity contribution in [1.29, 1.82) is 0 Å². The predicted octanol–water partition coefficient (Wildman–Crippen LogP) is 4.38. The highest BCUT2D eigenvalue weighted by atomic mass is 15.3. The van der Waals surface area contributed by atoms with Gasteiger partial charge in [-0.05, 0) is 31.9 Å². The second-order valence-electron chi connectivity index (χ2n) is 6.33. The van der Waals surface area contributed by atoms with E-state index in [-0.39, 0.29) is 0 Å². The van der Waals surface area contributed by atoms with Gasteiger partial charge in [0.2, 0.25) is 0 Å². The van der Waals surface area contributed by atoms with E-state index in [2.05, 4.69) is 56.3 Å². The fourth-order valence-electron chi connectivity index (χ4n) is 3.33. The summed E-state index contributed by atoms with van der Waals surface area (Å²) in [7, 11) is 0. The Bertz CT molecular complexity index is 800. The normalized spacial score (nSPS) is 15.9. The molecule has 5 nitrogen and oxygen atoms in total. The lowest BCUT2D eigenvalue weighted by Crippen LogP contribution is -2.14. The smallest absolute Gasteiger partial charge is 0.163 e. The van der Waals surface area contributed by atoms with Gasteiger partial charge < -0.3 is 5.32 Å². The Balaban J connectivity index is 1.68. The number of hydrogen-bond donors (Lipinski definition) is 1. The lowest BCUT2D eigenvalue weighted by Gasteiger charge is -2.22. The molecule has 2 aromatic heterocycles. The van der Waals surface area contributed by atoms with Crippen LogP contribution in [0.5, 0.6) is 0 Å². The van der Waals surface area contributed by atoms with Crippen molar-refractivity contribution in [1.82, 2.24) is 19.7 Å². The van der Waals surface area contributed by atoms with Crippen molar-refractivity contribution in [2.24, 2.45) is 0 Å². The predicted molar refractivity (Wildman–Crippen MR) is 91.9 cm³/mol. The van der Waals surface area contributed by atoms with E-state index in [1.54, 1.807) is 6.33 Å². The topological polar surface area (TPSA) is 55.6 Å². The molecule has 0 atom stereocenters. The van der Waals surface area contributed by atoms with Gasteiger partial charge in [-0.25, -0.2) is 14.6 Å². The van der Waals surface area contributed by atoms with Crippen LogP contribution < -0.4 is 5.32 Å². The summed E-state index contributed by atoms with van der Waals surface area (Å²) in [4.78, 5) is 8.89. The molecule has 1 aromatic carbocycles. The number of rotatable bonds is 3. The van der Waals surface area contributed by atoms with Crippen LogP contribution in [0.2, 0.25) is 0 Å². The number of aromatic nitrogens is 4. The molecule has 23 heavy (non-hydrogen) atoms. The van der Waals surface area contributed by atoms with Crippen LogP contribution in [0.4, 0.5) is 11.5 Å². The van der Waals surface area contributed by atoms with Crippen LogP contribution in [0, 0.1) is 6.92 Å². The van der Waals surface area contributed by atoms with Crippen molar-refractivity contribution in [3.8, 4) is 0 Å². The van der Waals surface area contributed by atoms with Gasteiger partial charge in [0.1, 0.15) is 12.1 Å². The average molecular weight is 307 g/mol. The number of fused-ring (bicyclic) bond motifs is 1. The number of aryl methyl sites for hydroxylation is 1. The third-order valence-corrected chi connectivity index (χ3v) is 4.63.